The van der Waals surface area contributed by atoms with E-state index in [-0.39, 0.29) is 11.3 Å². The molecule has 1 saturated heterocycles. The van der Waals surface area contributed by atoms with E-state index in [0.29, 0.717) is 36.8 Å². The SMILES string of the molecule is CCCCCOc1ccc(/C(O)=C2/C(=O)C(=O)N(CCCC)C2c2cccc(OCC)c2)cc1. The van der Waals surface area contributed by atoms with Crippen molar-refractivity contribution in [1.29, 1.82) is 0 Å². The van der Waals surface area contributed by atoms with Gasteiger partial charge in [0.05, 0.1) is 24.8 Å². The third-order valence-corrected chi connectivity index (χ3v) is 5.92. The number of carbonyl (C=O) groups excluding carboxylic acids is 2. The zero-order chi connectivity index (χ0) is 24.5. The molecule has 1 heterocycles. The first-order chi connectivity index (χ1) is 16.5. The maximum Gasteiger partial charge on any atom is 0.295 e. The van der Waals surface area contributed by atoms with Crippen molar-refractivity contribution in [1.82, 2.24) is 4.90 Å². The molecule has 0 radical (unpaired) electrons. The number of benzene rings is 2. The molecule has 2 aromatic carbocycles. The van der Waals surface area contributed by atoms with Gasteiger partial charge in [-0.3, -0.25) is 9.59 Å². The third kappa shape index (κ3) is 5.79. The molecular weight excluding hydrogens is 430 g/mol. The number of amides is 1. The Kier molecular flexibility index (Phi) is 9.14. The Hall–Kier alpha value is -3.28. The molecule has 0 aliphatic carbocycles. The second kappa shape index (κ2) is 12.3. The number of nitrogens with zero attached hydrogens (tertiary/aromatic N) is 1. The number of aliphatic hydroxyl groups excluding tert-OH is 1. The highest BCUT2D eigenvalue weighted by molar-refractivity contribution is 6.46. The fraction of sp³-hybridized carbons (Fsp3) is 0.429. The Balaban J connectivity index is 1.97. The summed E-state index contributed by atoms with van der Waals surface area (Å²) >= 11 is 0. The van der Waals surface area contributed by atoms with Crippen LogP contribution >= 0.6 is 0 Å². The summed E-state index contributed by atoms with van der Waals surface area (Å²) in [5.41, 5.74) is 1.31. The number of Topliss-reactive ketones (excluding diaryl/α,β-unsaturated/α-hetero) is 1. The van der Waals surface area contributed by atoms with E-state index in [1.807, 2.05) is 38.1 Å². The van der Waals surface area contributed by atoms with E-state index in [9.17, 15) is 14.7 Å². The van der Waals surface area contributed by atoms with Gasteiger partial charge in [-0.05, 0) is 61.7 Å². The summed E-state index contributed by atoms with van der Waals surface area (Å²) in [4.78, 5) is 27.6. The summed E-state index contributed by atoms with van der Waals surface area (Å²) in [6.45, 7) is 7.66. The third-order valence-electron chi connectivity index (χ3n) is 5.92. The van der Waals surface area contributed by atoms with Crippen LogP contribution in [-0.4, -0.2) is 41.5 Å². The fourth-order valence-corrected chi connectivity index (χ4v) is 4.13. The summed E-state index contributed by atoms with van der Waals surface area (Å²) in [6.07, 6.45) is 4.87. The average molecular weight is 466 g/mol. The minimum Gasteiger partial charge on any atom is -0.507 e. The van der Waals surface area contributed by atoms with E-state index in [4.69, 9.17) is 9.47 Å². The smallest absolute Gasteiger partial charge is 0.295 e. The van der Waals surface area contributed by atoms with Crippen LogP contribution in [0, 0.1) is 0 Å². The van der Waals surface area contributed by atoms with E-state index < -0.39 is 17.7 Å². The number of ketones is 1. The van der Waals surface area contributed by atoms with Crippen LogP contribution in [0.3, 0.4) is 0 Å². The number of rotatable bonds is 12. The molecule has 182 valence electrons. The number of ether oxygens (including phenoxy) is 2. The standard InChI is InChI=1S/C28H35NO5/c1-4-7-9-18-34-22-15-13-20(14-16-22)26(30)24-25(21-11-10-12-23(19-21)33-6-3)29(17-8-5-2)28(32)27(24)31/h10-16,19,25,30H,4-9,17-18H2,1-3H3/b26-24-. The van der Waals surface area contributed by atoms with Crippen molar-refractivity contribution in [3.8, 4) is 11.5 Å². The van der Waals surface area contributed by atoms with Crippen LogP contribution in [-0.2, 0) is 9.59 Å². The Morgan fingerprint density at radius 3 is 2.32 bits per heavy atom. The molecule has 1 N–H and O–H groups in total. The minimum atomic E-state index is -0.670. The van der Waals surface area contributed by atoms with E-state index in [0.717, 1.165) is 37.7 Å². The zero-order valence-corrected chi connectivity index (χ0v) is 20.4. The van der Waals surface area contributed by atoms with Gasteiger partial charge in [-0.1, -0.05) is 45.2 Å². The highest BCUT2D eigenvalue weighted by Gasteiger charge is 2.45. The Labute approximate surface area is 202 Å². The maximum absolute atomic E-state index is 13.1. The normalized spacial score (nSPS) is 17.3. The summed E-state index contributed by atoms with van der Waals surface area (Å²) in [5, 5.41) is 11.2. The number of unbranched alkanes of at least 4 members (excludes halogenated alkanes) is 3. The van der Waals surface area contributed by atoms with Gasteiger partial charge < -0.3 is 19.5 Å². The predicted octanol–water partition coefficient (Wildman–Crippen LogP) is 5.88. The van der Waals surface area contributed by atoms with E-state index >= 15 is 0 Å². The van der Waals surface area contributed by atoms with Crippen molar-refractivity contribution in [3.05, 3.63) is 65.2 Å². The van der Waals surface area contributed by atoms with Gasteiger partial charge in [0.15, 0.2) is 0 Å². The van der Waals surface area contributed by atoms with Crippen LogP contribution < -0.4 is 9.47 Å². The molecule has 6 heteroatoms. The first-order valence-electron chi connectivity index (χ1n) is 12.3. The fourth-order valence-electron chi connectivity index (χ4n) is 4.13. The van der Waals surface area contributed by atoms with Gasteiger partial charge in [0, 0.05) is 12.1 Å². The lowest BCUT2D eigenvalue weighted by Crippen LogP contribution is -2.30. The molecule has 3 rings (SSSR count). The first kappa shape index (κ1) is 25.3. The van der Waals surface area contributed by atoms with E-state index in [1.54, 1.807) is 29.2 Å². The van der Waals surface area contributed by atoms with Crippen LogP contribution in [0.4, 0.5) is 0 Å². The molecule has 0 spiro atoms. The van der Waals surface area contributed by atoms with Crippen molar-refractivity contribution in [2.45, 2.75) is 58.9 Å². The number of aliphatic hydroxyl groups is 1. The molecule has 1 fully saturated rings. The van der Waals surface area contributed by atoms with Crippen LogP contribution in [0.1, 0.15) is 70.0 Å². The quantitative estimate of drug-likeness (QED) is 0.183. The summed E-state index contributed by atoms with van der Waals surface area (Å²) in [5.74, 6) is -0.0673. The molecule has 34 heavy (non-hydrogen) atoms. The molecule has 6 nitrogen and oxygen atoms in total. The monoisotopic (exact) mass is 465 g/mol. The largest absolute Gasteiger partial charge is 0.507 e. The van der Waals surface area contributed by atoms with Crippen LogP contribution in [0.5, 0.6) is 11.5 Å². The molecule has 1 amide bonds. The van der Waals surface area contributed by atoms with E-state index in [1.165, 1.54) is 0 Å². The molecule has 2 aromatic rings. The van der Waals surface area contributed by atoms with Crippen LogP contribution in [0.2, 0.25) is 0 Å². The zero-order valence-electron chi connectivity index (χ0n) is 20.4. The Bertz CT molecular complexity index is 1010. The molecule has 0 aromatic heterocycles. The van der Waals surface area contributed by atoms with Gasteiger partial charge in [-0.25, -0.2) is 0 Å². The molecule has 0 bridgehead atoms. The molecular formula is C28H35NO5. The van der Waals surface area contributed by atoms with Gasteiger partial charge in [-0.15, -0.1) is 0 Å². The van der Waals surface area contributed by atoms with Crippen molar-refractivity contribution in [3.63, 3.8) is 0 Å². The highest BCUT2D eigenvalue weighted by Crippen LogP contribution is 2.40. The lowest BCUT2D eigenvalue weighted by Gasteiger charge is -2.25. The maximum atomic E-state index is 13.1. The van der Waals surface area contributed by atoms with Crippen molar-refractivity contribution >= 4 is 17.4 Å². The Morgan fingerprint density at radius 1 is 0.912 bits per heavy atom. The second-order valence-corrected chi connectivity index (χ2v) is 8.43. The molecule has 0 saturated carbocycles. The van der Waals surface area contributed by atoms with Gasteiger partial charge in [0.25, 0.3) is 11.7 Å². The van der Waals surface area contributed by atoms with E-state index in [2.05, 4.69) is 6.92 Å². The lowest BCUT2D eigenvalue weighted by molar-refractivity contribution is -0.139. The molecule has 1 aliphatic rings. The topological polar surface area (TPSA) is 76.1 Å². The van der Waals surface area contributed by atoms with Crippen molar-refractivity contribution < 1.29 is 24.2 Å². The predicted molar refractivity (Wildman–Crippen MR) is 133 cm³/mol. The van der Waals surface area contributed by atoms with Gasteiger partial charge >= 0.3 is 0 Å². The number of carbonyl (C=O) groups is 2. The highest BCUT2D eigenvalue weighted by atomic mass is 16.5. The second-order valence-electron chi connectivity index (χ2n) is 8.43. The number of hydrogen-bond donors (Lipinski definition) is 1. The average Bonchev–Trinajstić information content (AvgIpc) is 3.10. The van der Waals surface area contributed by atoms with Gasteiger partial charge in [-0.2, -0.15) is 0 Å². The van der Waals surface area contributed by atoms with Crippen molar-refractivity contribution in [2.24, 2.45) is 0 Å². The van der Waals surface area contributed by atoms with Gasteiger partial charge in [0.1, 0.15) is 17.3 Å². The summed E-state index contributed by atoms with van der Waals surface area (Å²) < 4.78 is 11.4. The van der Waals surface area contributed by atoms with Crippen molar-refractivity contribution in [2.75, 3.05) is 19.8 Å². The summed E-state index contributed by atoms with van der Waals surface area (Å²) in [6, 6.07) is 13.7. The van der Waals surface area contributed by atoms with Gasteiger partial charge in [0.2, 0.25) is 0 Å². The molecule has 1 unspecified atom stereocenters. The molecule has 1 atom stereocenters. The Morgan fingerprint density at radius 2 is 1.65 bits per heavy atom. The molecule has 1 aliphatic heterocycles. The van der Waals surface area contributed by atoms with Crippen LogP contribution in [0.15, 0.2) is 54.1 Å². The first-order valence-corrected chi connectivity index (χ1v) is 12.3. The number of hydrogen-bond acceptors (Lipinski definition) is 5. The summed E-state index contributed by atoms with van der Waals surface area (Å²) in [7, 11) is 0. The number of likely N-dealkylation sites (tertiary alicyclic amines) is 1. The van der Waals surface area contributed by atoms with Crippen LogP contribution in [0.25, 0.3) is 5.76 Å². The lowest BCUT2D eigenvalue weighted by atomic mass is 9.95. The minimum absolute atomic E-state index is 0.103.